The molecule has 1 aliphatic carbocycles. The highest BCUT2D eigenvalue weighted by atomic mass is 79.9. The van der Waals surface area contributed by atoms with Crippen molar-refractivity contribution in [2.24, 2.45) is 5.92 Å². The molecular formula is C15H20BrFO. The van der Waals surface area contributed by atoms with Crippen LogP contribution in [0.4, 0.5) is 4.39 Å². The molecule has 1 aromatic rings. The minimum Gasteiger partial charge on any atom is -0.393 e. The van der Waals surface area contributed by atoms with Crippen LogP contribution in [0.25, 0.3) is 0 Å². The summed E-state index contributed by atoms with van der Waals surface area (Å²) in [7, 11) is 0. The van der Waals surface area contributed by atoms with Crippen LogP contribution >= 0.6 is 15.9 Å². The van der Waals surface area contributed by atoms with Crippen molar-refractivity contribution in [3.05, 3.63) is 34.1 Å². The fourth-order valence-electron chi connectivity index (χ4n) is 2.89. The molecule has 18 heavy (non-hydrogen) atoms. The molecule has 1 unspecified atom stereocenters. The molecule has 0 saturated heterocycles. The van der Waals surface area contributed by atoms with Gasteiger partial charge < -0.3 is 5.11 Å². The highest BCUT2D eigenvalue weighted by molar-refractivity contribution is 9.10. The van der Waals surface area contributed by atoms with Gasteiger partial charge >= 0.3 is 0 Å². The maximum atomic E-state index is 13.2. The predicted molar refractivity (Wildman–Crippen MR) is 75.0 cm³/mol. The van der Waals surface area contributed by atoms with Gasteiger partial charge in [0.2, 0.25) is 0 Å². The number of aliphatic hydroxyl groups is 1. The van der Waals surface area contributed by atoms with Gasteiger partial charge in [-0.05, 0) is 42.5 Å². The van der Waals surface area contributed by atoms with Crippen LogP contribution in [-0.4, -0.2) is 11.2 Å². The minimum absolute atomic E-state index is 0.246. The molecule has 1 atom stereocenters. The van der Waals surface area contributed by atoms with Crippen LogP contribution in [0.3, 0.4) is 0 Å². The number of hydrogen-bond acceptors (Lipinski definition) is 1. The van der Waals surface area contributed by atoms with Crippen LogP contribution < -0.4 is 0 Å². The van der Waals surface area contributed by atoms with Crippen LogP contribution in [0.1, 0.15) is 44.1 Å². The van der Waals surface area contributed by atoms with E-state index in [1.54, 1.807) is 0 Å². The molecule has 1 aromatic carbocycles. The lowest BCUT2D eigenvalue weighted by molar-refractivity contribution is 0.130. The first-order chi connectivity index (χ1) is 8.63. The lowest BCUT2D eigenvalue weighted by Crippen LogP contribution is -2.18. The molecular weight excluding hydrogens is 295 g/mol. The van der Waals surface area contributed by atoms with Crippen LogP contribution in [0.2, 0.25) is 0 Å². The van der Waals surface area contributed by atoms with E-state index in [1.807, 2.05) is 6.07 Å². The quantitative estimate of drug-likeness (QED) is 0.869. The zero-order valence-electron chi connectivity index (χ0n) is 10.5. The first kappa shape index (κ1) is 14.0. The molecule has 1 saturated carbocycles. The summed E-state index contributed by atoms with van der Waals surface area (Å²) in [6, 6.07) is 4.83. The van der Waals surface area contributed by atoms with Crippen LogP contribution in [0.5, 0.6) is 0 Å². The third-order valence-corrected chi connectivity index (χ3v) is 4.18. The van der Waals surface area contributed by atoms with Gasteiger partial charge in [-0.15, -0.1) is 0 Å². The van der Waals surface area contributed by atoms with Gasteiger partial charge in [0.05, 0.1) is 6.10 Å². The first-order valence-electron chi connectivity index (χ1n) is 6.76. The molecule has 0 heterocycles. The Morgan fingerprint density at radius 1 is 1.22 bits per heavy atom. The van der Waals surface area contributed by atoms with E-state index in [9.17, 15) is 9.50 Å². The zero-order valence-corrected chi connectivity index (χ0v) is 12.1. The fraction of sp³-hybridized carbons (Fsp3) is 0.600. The summed E-state index contributed by atoms with van der Waals surface area (Å²) in [6.07, 6.45) is 7.46. The molecule has 2 rings (SSSR count). The van der Waals surface area contributed by atoms with Crippen molar-refractivity contribution < 1.29 is 9.50 Å². The number of benzene rings is 1. The van der Waals surface area contributed by atoms with Crippen molar-refractivity contribution in [2.45, 2.75) is 51.0 Å². The highest BCUT2D eigenvalue weighted by Gasteiger charge is 2.18. The van der Waals surface area contributed by atoms with Crippen molar-refractivity contribution in [1.82, 2.24) is 0 Å². The second-order valence-electron chi connectivity index (χ2n) is 5.38. The third kappa shape index (κ3) is 4.36. The Bertz CT molecular complexity index is 368. The molecule has 0 aromatic heterocycles. The van der Waals surface area contributed by atoms with E-state index < -0.39 is 0 Å². The summed E-state index contributed by atoms with van der Waals surface area (Å²) >= 11 is 3.28. The summed E-state index contributed by atoms with van der Waals surface area (Å²) in [5, 5.41) is 10.1. The molecule has 0 aliphatic heterocycles. The van der Waals surface area contributed by atoms with Crippen molar-refractivity contribution in [3.8, 4) is 0 Å². The smallest absolute Gasteiger partial charge is 0.124 e. The zero-order chi connectivity index (χ0) is 13.0. The van der Waals surface area contributed by atoms with Gasteiger partial charge in [-0.2, -0.15) is 0 Å². The van der Waals surface area contributed by atoms with Crippen molar-refractivity contribution >= 4 is 15.9 Å². The molecule has 1 N–H and O–H groups in total. The summed E-state index contributed by atoms with van der Waals surface area (Å²) in [5.74, 6) is 0.412. The van der Waals surface area contributed by atoms with E-state index >= 15 is 0 Å². The summed E-state index contributed by atoms with van der Waals surface area (Å²) in [6.45, 7) is 0. The summed E-state index contributed by atoms with van der Waals surface area (Å²) in [5.41, 5.74) is 0.866. The van der Waals surface area contributed by atoms with Crippen molar-refractivity contribution in [2.75, 3.05) is 0 Å². The Hall–Kier alpha value is -0.410. The van der Waals surface area contributed by atoms with Crippen LogP contribution in [0, 0.1) is 11.7 Å². The molecule has 0 spiro atoms. The molecule has 1 fully saturated rings. The van der Waals surface area contributed by atoms with E-state index in [-0.39, 0.29) is 11.9 Å². The van der Waals surface area contributed by atoms with E-state index in [2.05, 4.69) is 15.9 Å². The average molecular weight is 315 g/mol. The van der Waals surface area contributed by atoms with Gasteiger partial charge in [-0.1, -0.05) is 48.0 Å². The molecule has 0 radical (unpaired) electrons. The topological polar surface area (TPSA) is 20.2 Å². The molecule has 1 nitrogen and oxygen atoms in total. The van der Waals surface area contributed by atoms with E-state index in [1.165, 1.54) is 44.2 Å². The Kier molecular flexibility index (Phi) is 5.19. The number of halogens is 2. The number of hydrogen-bond donors (Lipinski definition) is 1. The first-order valence-corrected chi connectivity index (χ1v) is 7.56. The van der Waals surface area contributed by atoms with Crippen LogP contribution in [0.15, 0.2) is 22.7 Å². The van der Waals surface area contributed by atoms with Gasteiger partial charge in [0, 0.05) is 4.47 Å². The molecule has 3 heteroatoms. The lowest BCUT2D eigenvalue weighted by Gasteiger charge is -2.24. The van der Waals surface area contributed by atoms with Gasteiger partial charge in [0.15, 0.2) is 0 Å². The van der Waals surface area contributed by atoms with Gasteiger partial charge in [-0.25, -0.2) is 4.39 Å². The largest absolute Gasteiger partial charge is 0.393 e. The summed E-state index contributed by atoms with van der Waals surface area (Å²) in [4.78, 5) is 0. The molecule has 0 bridgehead atoms. The third-order valence-electron chi connectivity index (χ3n) is 3.72. The Balaban J connectivity index is 1.87. The minimum atomic E-state index is -0.346. The number of aliphatic hydroxyl groups excluding tert-OH is 1. The Labute approximate surface area is 117 Å². The molecule has 100 valence electrons. The summed E-state index contributed by atoms with van der Waals surface area (Å²) < 4.78 is 14.0. The fourth-order valence-corrected chi connectivity index (χ4v) is 3.40. The van der Waals surface area contributed by atoms with Crippen molar-refractivity contribution in [1.29, 1.82) is 0 Å². The monoisotopic (exact) mass is 314 g/mol. The standard InChI is InChI=1S/C15H20BrFO/c16-13-6-12(7-14(17)10-13)9-15(18)8-11-4-2-1-3-5-11/h6-7,10-11,15,18H,1-5,8-9H2. The highest BCUT2D eigenvalue weighted by Crippen LogP contribution is 2.28. The second-order valence-corrected chi connectivity index (χ2v) is 6.29. The molecule has 1 aliphatic rings. The van der Waals surface area contributed by atoms with E-state index in [0.717, 1.165) is 16.5 Å². The predicted octanol–water partition coefficient (Wildman–Crippen LogP) is 4.46. The van der Waals surface area contributed by atoms with Gasteiger partial charge in [-0.3, -0.25) is 0 Å². The average Bonchev–Trinajstić information content (AvgIpc) is 2.28. The van der Waals surface area contributed by atoms with Gasteiger partial charge in [0.25, 0.3) is 0 Å². The Morgan fingerprint density at radius 3 is 2.61 bits per heavy atom. The van der Waals surface area contributed by atoms with Crippen molar-refractivity contribution in [3.63, 3.8) is 0 Å². The number of rotatable bonds is 4. The van der Waals surface area contributed by atoms with E-state index in [4.69, 9.17) is 0 Å². The molecule has 0 amide bonds. The maximum Gasteiger partial charge on any atom is 0.124 e. The second kappa shape index (κ2) is 6.67. The normalized spacial score (nSPS) is 18.8. The Morgan fingerprint density at radius 2 is 1.94 bits per heavy atom. The van der Waals surface area contributed by atoms with E-state index in [0.29, 0.717) is 12.3 Å². The maximum absolute atomic E-state index is 13.2. The van der Waals surface area contributed by atoms with Crippen LogP contribution in [-0.2, 0) is 6.42 Å². The SMILES string of the molecule is OC(Cc1cc(F)cc(Br)c1)CC1CCCCC1. The van der Waals surface area contributed by atoms with Gasteiger partial charge in [0.1, 0.15) is 5.82 Å². The lowest BCUT2D eigenvalue weighted by atomic mass is 9.84.